The highest BCUT2D eigenvalue weighted by atomic mass is 15.1. The predicted octanol–water partition coefficient (Wildman–Crippen LogP) is 5.05. The molecule has 0 saturated carbocycles. The van der Waals surface area contributed by atoms with Gasteiger partial charge in [0.2, 0.25) is 0 Å². The zero-order valence-electron chi connectivity index (χ0n) is 15.6. The van der Waals surface area contributed by atoms with E-state index in [9.17, 15) is 0 Å². The van der Waals surface area contributed by atoms with Crippen LogP contribution in [0.15, 0.2) is 62.8 Å². The summed E-state index contributed by atoms with van der Waals surface area (Å²) in [4.78, 5) is 13.4. The first-order valence-electron chi connectivity index (χ1n) is 8.15. The molecule has 4 heteroatoms. The molecule has 0 bridgehead atoms. The summed E-state index contributed by atoms with van der Waals surface area (Å²) in [7, 11) is 0. The van der Waals surface area contributed by atoms with Gasteiger partial charge in [0.25, 0.3) is 0 Å². The summed E-state index contributed by atoms with van der Waals surface area (Å²) in [5, 5.41) is 3.32. The lowest BCUT2D eigenvalue weighted by molar-refractivity contribution is 0.648. The van der Waals surface area contributed by atoms with E-state index in [2.05, 4.69) is 21.9 Å². The molecule has 0 spiro atoms. The number of para-hydroxylation sites is 1. The maximum atomic E-state index is 4.73. The molecule has 1 unspecified atom stereocenters. The predicted molar refractivity (Wildman–Crippen MR) is 107 cm³/mol. The van der Waals surface area contributed by atoms with Gasteiger partial charge >= 0.3 is 0 Å². The van der Waals surface area contributed by atoms with Gasteiger partial charge in [-0.05, 0) is 53.2 Å². The Bertz CT molecular complexity index is 693. The van der Waals surface area contributed by atoms with Crippen molar-refractivity contribution in [2.24, 2.45) is 15.0 Å². The maximum Gasteiger partial charge on any atom is 0.116 e. The first-order valence-corrected chi connectivity index (χ1v) is 8.15. The van der Waals surface area contributed by atoms with Gasteiger partial charge in [0.05, 0.1) is 5.69 Å². The van der Waals surface area contributed by atoms with Crippen LogP contribution in [0.1, 0.15) is 47.1 Å². The summed E-state index contributed by atoms with van der Waals surface area (Å²) >= 11 is 0. The Labute approximate surface area is 145 Å². The SMILES string of the molecule is C=C(NC(C)/N=C(/C)c1ccccc1/N=C/C)/C(C)=C(C)\N=C\C. The second-order valence-corrected chi connectivity index (χ2v) is 5.52. The van der Waals surface area contributed by atoms with Crippen molar-refractivity contribution in [3.05, 3.63) is 53.4 Å². The fraction of sp³-hybridized carbons (Fsp3) is 0.350. The molecule has 128 valence electrons. The third-order valence-corrected chi connectivity index (χ3v) is 3.65. The maximum absolute atomic E-state index is 4.73. The van der Waals surface area contributed by atoms with Crippen LogP contribution in [0.2, 0.25) is 0 Å². The number of rotatable bonds is 7. The van der Waals surface area contributed by atoms with Gasteiger partial charge in [0, 0.05) is 35.1 Å². The Kier molecular flexibility index (Phi) is 7.83. The molecule has 4 nitrogen and oxygen atoms in total. The number of nitrogens with one attached hydrogen (secondary N) is 1. The molecule has 0 aliphatic carbocycles. The second-order valence-electron chi connectivity index (χ2n) is 5.52. The number of aliphatic imine (C=N–C) groups is 3. The fourth-order valence-corrected chi connectivity index (χ4v) is 2.29. The van der Waals surface area contributed by atoms with E-state index in [4.69, 9.17) is 4.99 Å². The van der Waals surface area contributed by atoms with E-state index in [0.717, 1.165) is 33.9 Å². The van der Waals surface area contributed by atoms with Gasteiger partial charge < -0.3 is 5.32 Å². The molecule has 1 atom stereocenters. The number of hydrogen-bond donors (Lipinski definition) is 1. The first-order chi connectivity index (χ1) is 11.4. The molecule has 0 heterocycles. The molecule has 0 aliphatic rings. The summed E-state index contributed by atoms with van der Waals surface area (Å²) < 4.78 is 0. The van der Waals surface area contributed by atoms with Gasteiger partial charge in [-0.25, -0.2) is 0 Å². The summed E-state index contributed by atoms with van der Waals surface area (Å²) in [5.41, 5.74) is 5.72. The topological polar surface area (TPSA) is 49.1 Å². The quantitative estimate of drug-likeness (QED) is 0.553. The molecule has 1 N–H and O–H groups in total. The monoisotopic (exact) mass is 324 g/mol. The number of allylic oxidation sites excluding steroid dienone is 2. The molecule has 0 aliphatic heterocycles. The lowest BCUT2D eigenvalue weighted by atomic mass is 10.1. The van der Waals surface area contributed by atoms with E-state index in [-0.39, 0.29) is 6.17 Å². The van der Waals surface area contributed by atoms with Crippen LogP contribution in [-0.4, -0.2) is 24.3 Å². The van der Waals surface area contributed by atoms with Crippen molar-refractivity contribution in [1.82, 2.24) is 5.32 Å². The van der Waals surface area contributed by atoms with Gasteiger partial charge in [-0.3, -0.25) is 15.0 Å². The first kappa shape index (κ1) is 19.6. The van der Waals surface area contributed by atoms with E-state index >= 15 is 0 Å². The summed E-state index contributed by atoms with van der Waals surface area (Å²) in [6.07, 6.45) is 3.48. The molecular formula is C20H28N4. The second kappa shape index (κ2) is 9.60. The number of nitrogens with zero attached hydrogens (tertiary/aromatic N) is 3. The van der Waals surface area contributed by atoms with E-state index in [0.29, 0.717) is 0 Å². The van der Waals surface area contributed by atoms with Crippen molar-refractivity contribution in [1.29, 1.82) is 0 Å². The standard InChI is InChI=1S/C20H28N4/c1-8-21-15(4)14(3)16(5)23-18(7)24-17(6)19-12-10-11-13-20(19)22-9-2/h8-13,18,23H,5H2,1-4,6-7H3/b15-14-,21-8+,22-9+,24-17-. The Morgan fingerprint density at radius 1 is 1.12 bits per heavy atom. The molecule has 0 fully saturated rings. The van der Waals surface area contributed by atoms with Gasteiger partial charge in [-0.1, -0.05) is 24.8 Å². The minimum absolute atomic E-state index is 0.0930. The summed E-state index contributed by atoms with van der Waals surface area (Å²) in [5.74, 6) is 0. The minimum Gasteiger partial charge on any atom is -0.364 e. The molecule has 24 heavy (non-hydrogen) atoms. The van der Waals surface area contributed by atoms with Crippen LogP contribution in [-0.2, 0) is 0 Å². The lowest BCUT2D eigenvalue weighted by Gasteiger charge is -2.16. The molecule has 0 aromatic heterocycles. The Morgan fingerprint density at radius 3 is 2.42 bits per heavy atom. The van der Waals surface area contributed by atoms with Crippen molar-refractivity contribution >= 4 is 23.8 Å². The highest BCUT2D eigenvalue weighted by molar-refractivity contribution is 6.03. The molecule has 0 amide bonds. The van der Waals surface area contributed by atoms with Crippen LogP contribution in [0.4, 0.5) is 5.69 Å². The molecule has 1 rings (SSSR count). The molecule has 1 aromatic rings. The van der Waals surface area contributed by atoms with E-state index in [1.54, 1.807) is 12.4 Å². The summed E-state index contributed by atoms with van der Waals surface area (Å²) in [6.45, 7) is 15.9. The zero-order chi connectivity index (χ0) is 18.1. The Balaban J connectivity index is 2.94. The number of hydrogen-bond acceptors (Lipinski definition) is 4. The Hall–Kier alpha value is -2.49. The molecule has 0 radical (unpaired) electrons. The van der Waals surface area contributed by atoms with Gasteiger partial charge in [0.1, 0.15) is 6.17 Å². The van der Waals surface area contributed by atoms with E-state index in [1.807, 2.05) is 65.8 Å². The van der Waals surface area contributed by atoms with Gasteiger partial charge in [0.15, 0.2) is 0 Å². The summed E-state index contributed by atoms with van der Waals surface area (Å²) in [6, 6.07) is 8.01. The third-order valence-electron chi connectivity index (χ3n) is 3.65. The molecule has 0 saturated heterocycles. The van der Waals surface area contributed by atoms with Crippen molar-refractivity contribution in [3.8, 4) is 0 Å². The zero-order valence-corrected chi connectivity index (χ0v) is 15.6. The number of benzene rings is 1. The fourth-order valence-electron chi connectivity index (χ4n) is 2.29. The smallest absolute Gasteiger partial charge is 0.116 e. The van der Waals surface area contributed by atoms with Crippen LogP contribution < -0.4 is 5.32 Å². The largest absolute Gasteiger partial charge is 0.364 e. The van der Waals surface area contributed by atoms with Crippen LogP contribution in [0, 0.1) is 0 Å². The average molecular weight is 324 g/mol. The average Bonchev–Trinajstić information content (AvgIpc) is 2.54. The van der Waals surface area contributed by atoms with Crippen molar-refractivity contribution in [3.63, 3.8) is 0 Å². The van der Waals surface area contributed by atoms with Gasteiger partial charge in [-0.15, -0.1) is 0 Å². The van der Waals surface area contributed by atoms with E-state index in [1.165, 1.54) is 0 Å². The van der Waals surface area contributed by atoms with Crippen molar-refractivity contribution in [2.75, 3.05) is 0 Å². The van der Waals surface area contributed by atoms with Gasteiger partial charge in [-0.2, -0.15) is 0 Å². The van der Waals surface area contributed by atoms with Crippen LogP contribution >= 0.6 is 0 Å². The van der Waals surface area contributed by atoms with Crippen LogP contribution in [0.5, 0.6) is 0 Å². The van der Waals surface area contributed by atoms with Crippen LogP contribution in [0.25, 0.3) is 0 Å². The lowest BCUT2D eigenvalue weighted by Crippen LogP contribution is -2.25. The minimum atomic E-state index is -0.0930. The highest BCUT2D eigenvalue weighted by Crippen LogP contribution is 2.19. The van der Waals surface area contributed by atoms with Crippen LogP contribution in [0.3, 0.4) is 0 Å². The molecular weight excluding hydrogens is 296 g/mol. The van der Waals surface area contributed by atoms with Crippen molar-refractivity contribution < 1.29 is 0 Å². The van der Waals surface area contributed by atoms with E-state index < -0.39 is 0 Å². The third kappa shape index (κ3) is 5.61. The molecule has 1 aromatic carbocycles. The Morgan fingerprint density at radius 2 is 1.79 bits per heavy atom. The van der Waals surface area contributed by atoms with Crippen molar-refractivity contribution in [2.45, 2.75) is 47.7 Å². The highest BCUT2D eigenvalue weighted by Gasteiger charge is 2.08. The normalized spacial score (nSPS) is 14.8.